The van der Waals surface area contributed by atoms with Crippen molar-refractivity contribution in [2.75, 3.05) is 0 Å². The molecule has 2 nitrogen and oxygen atoms in total. The molecule has 66 valence electrons. The number of aliphatic hydroxyl groups is 1. The molecular weight excluding hydrogens is 162 g/mol. The zero-order valence-corrected chi connectivity index (χ0v) is 7.27. The Labute approximate surface area is 77.6 Å². The van der Waals surface area contributed by atoms with E-state index in [9.17, 15) is 5.11 Å². The Balaban J connectivity index is 2.38. The van der Waals surface area contributed by atoms with Gasteiger partial charge in [0.2, 0.25) is 0 Å². The van der Waals surface area contributed by atoms with Gasteiger partial charge in [-0.1, -0.05) is 12.0 Å². The fourth-order valence-electron chi connectivity index (χ4n) is 1.49. The van der Waals surface area contributed by atoms with Gasteiger partial charge in [0, 0.05) is 12.1 Å². The van der Waals surface area contributed by atoms with Crippen molar-refractivity contribution < 1.29 is 5.11 Å². The van der Waals surface area contributed by atoms with E-state index in [1.165, 1.54) is 0 Å². The molecule has 1 unspecified atom stereocenters. The van der Waals surface area contributed by atoms with Gasteiger partial charge in [-0.05, 0) is 25.0 Å². The summed E-state index contributed by atoms with van der Waals surface area (Å²) >= 11 is 0. The number of pyridine rings is 1. The average Bonchev–Trinajstić information content (AvgIpc) is 3.02. The van der Waals surface area contributed by atoms with Crippen molar-refractivity contribution in [2.24, 2.45) is 5.92 Å². The molecule has 0 radical (unpaired) electrons. The fourth-order valence-corrected chi connectivity index (χ4v) is 1.49. The predicted molar refractivity (Wildman–Crippen MR) is 49.7 cm³/mol. The topological polar surface area (TPSA) is 33.1 Å². The van der Waals surface area contributed by atoms with E-state index in [2.05, 4.69) is 10.9 Å². The SMILES string of the molecule is C#CC(O)(c1ccccn1)C1CC1. The highest BCUT2D eigenvalue weighted by Gasteiger charge is 2.44. The summed E-state index contributed by atoms with van der Waals surface area (Å²) in [5.41, 5.74) is -0.540. The van der Waals surface area contributed by atoms with Crippen molar-refractivity contribution in [3.05, 3.63) is 30.1 Å². The Morgan fingerprint density at radius 2 is 2.31 bits per heavy atom. The lowest BCUT2D eigenvalue weighted by Crippen LogP contribution is -2.27. The van der Waals surface area contributed by atoms with Crippen molar-refractivity contribution in [1.82, 2.24) is 4.98 Å². The number of hydrogen-bond acceptors (Lipinski definition) is 2. The highest BCUT2D eigenvalue weighted by molar-refractivity contribution is 5.27. The van der Waals surface area contributed by atoms with Crippen LogP contribution in [0.5, 0.6) is 0 Å². The fraction of sp³-hybridized carbons (Fsp3) is 0.364. The maximum atomic E-state index is 10.1. The number of terminal acetylenes is 1. The molecule has 0 aromatic carbocycles. The largest absolute Gasteiger partial charge is 0.372 e. The van der Waals surface area contributed by atoms with Gasteiger partial charge in [0.15, 0.2) is 5.60 Å². The van der Waals surface area contributed by atoms with Gasteiger partial charge in [-0.3, -0.25) is 4.98 Å². The van der Waals surface area contributed by atoms with E-state index in [4.69, 9.17) is 6.42 Å². The standard InChI is InChI=1S/C11H11NO/c1-2-11(13,9-6-7-9)10-5-3-4-8-12-10/h1,3-5,8-9,13H,6-7H2. The van der Waals surface area contributed by atoms with Crippen LogP contribution in [0.15, 0.2) is 24.4 Å². The number of hydrogen-bond donors (Lipinski definition) is 1. The Kier molecular flexibility index (Phi) is 1.82. The van der Waals surface area contributed by atoms with Crippen molar-refractivity contribution in [1.29, 1.82) is 0 Å². The van der Waals surface area contributed by atoms with Crippen LogP contribution in [0.25, 0.3) is 0 Å². The van der Waals surface area contributed by atoms with Crippen molar-refractivity contribution in [2.45, 2.75) is 18.4 Å². The third-order valence-electron chi connectivity index (χ3n) is 2.44. The van der Waals surface area contributed by atoms with Crippen LogP contribution in [-0.4, -0.2) is 10.1 Å². The Morgan fingerprint density at radius 1 is 1.54 bits per heavy atom. The Hall–Kier alpha value is -1.33. The molecule has 1 heterocycles. The lowest BCUT2D eigenvalue weighted by Gasteiger charge is -2.20. The van der Waals surface area contributed by atoms with Crippen LogP contribution in [-0.2, 0) is 5.60 Å². The molecule has 1 aromatic rings. The molecule has 1 aromatic heterocycles. The van der Waals surface area contributed by atoms with Gasteiger partial charge in [-0.2, -0.15) is 0 Å². The van der Waals surface area contributed by atoms with Crippen LogP contribution in [0.3, 0.4) is 0 Å². The van der Waals surface area contributed by atoms with Crippen molar-refractivity contribution in [3.63, 3.8) is 0 Å². The van der Waals surface area contributed by atoms with E-state index in [0.29, 0.717) is 5.69 Å². The van der Waals surface area contributed by atoms with Gasteiger partial charge in [0.25, 0.3) is 0 Å². The maximum Gasteiger partial charge on any atom is 0.170 e. The molecule has 2 heteroatoms. The summed E-state index contributed by atoms with van der Waals surface area (Å²) < 4.78 is 0. The van der Waals surface area contributed by atoms with Gasteiger partial charge in [0.05, 0.1) is 5.69 Å². The maximum absolute atomic E-state index is 10.1. The molecule has 0 amide bonds. The lowest BCUT2D eigenvalue weighted by atomic mass is 9.94. The smallest absolute Gasteiger partial charge is 0.170 e. The number of nitrogens with zero attached hydrogens (tertiary/aromatic N) is 1. The first-order valence-electron chi connectivity index (χ1n) is 4.39. The lowest BCUT2D eigenvalue weighted by molar-refractivity contribution is 0.0713. The Bertz CT molecular complexity index is 337. The van der Waals surface area contributed by atoms with Crippen LogP contribution in [0, 0.1) is 18.3 Å². The van der Waals surface area contributed by atoms with E-state index >= 15 is 0 Å². The average molecular weight is 173 g/mol. The second-order valence-electron chi connectivity index (χ2n) is 3.40. The molecule has 0 aliphatic heterocycles. The van der Waals surface area contributed by atoms with Crippen molar-refractivity contribution in [3.8, 4) is 12.3 Å². The summed E-state index contributed by atoms with van der Waals surface area (Å²) in [6.07, 6.45) is 8.99. The van der Waals surface area contributed by atoms with E-state index in [-0.39, 0.29) is 5.92 Å². The summed E-state index contributed by atoms with van der Waals surface area (Å²) in [5.74, 6) is 2.65. The van der Waals surface area contributed by atoms with Crippen LogP contribution < -0.4 is 0 Å². The van der Waals surface area contributed by atoms with E-state index in [1.807, 2.05) is 12.1 Å². The van der Waals surface area contributed by atoms with Gasteiger partial charge in [-0.15, -0.1) is 6.42 Å². The summed E-state index contributed by atoms with van der Waals surface area (Å²) in [5, 5.41) is 10.1. The zero-order valence-electron chi connectivity index (χ0n) is 7.27. The number of rotatable bonds is 2. The van der Waals surface area contributed by atoms with Crippen LogP contribution in [0.4, 0.5) is 0 Å². The molecule has 13 heavy (non-hydrogen) atoms. The molecule has 0 bridgehead atoms. The number of aromatic nitrogens is 1. The molecule has 1 aliphatic carbocycles. The molecular formula is C11H11NO. The zero-order chi connectivity index (χ0) is 9.31. The van der Waals surface area contributed by atoms with Gasteiger partial charge < -0.3 is 5.11 Å². The first-order valence-corrected chi connectivity index (χ1v) is 4.39. The molecule has 0 saturated heterocycles. The minimum absolute atomic E-state index is 0.201. The normalized spacial score (nSPS) is 20.3. The minimum atomic E-state index is -1.14. The molecule has 1 atom stereocenters. The summed E-state index contributed by atoms with van der Waals surface area (Å²) in [4.78, 5) is 4.09. The summed E-state index contributed by atoms with van der Waals surface area (Å²) in [6, 6.07) is 5.43. The highest BCUT2D eigenvalue weighted by Crippen LogP contribution is 2.44. The molecule has 1 saturated carbocycles. The molecule has 2 rings (SSSR count). The van der Waals surface area contributed by atoms with Gasteiger partial charge in [-0.25, -0.2) is 0 Å². The minimum Gasteiger partial charge on any atom is -0.372 e. The molecule has 1 N–H and O–H groups in total. The molecule has 1 fully saturated rings. The Morgan fingerprint density at radius 3 is 2.77 bits per heavy atom. The predicted octanol–water partition coefficient (Wildman–Crippen LogP) is 1.31. The second kappa shape index (κ2) is 2.86. The highest BCUT2D eigenvalue weighted by atomic mass is 16.3. The van der Waals surface area contributed by atoms with Crippen LogP contribution in [0.2, 0.25) is 0 Å². The van der Waals surface area contributed by atoms with E-state index in [0.717, 1.165) is 12.8 Å². The third kappa shape index (κ3) is 1.32. The quantitative estimate of drug-likeness (QED) is 0.684. The molecule has 0 spiro atoms. The first-order chi connectivity index (χ1) is 6.27. The monoisotopic (exact) mass is 173 g/mol. The van der Waals surface area contributed by atoms with Crippen molar-refractivity contribution >= 4 is 0 Å². The summed E-state index contributed by atoms with van der Waals surface area (Å²) in [6.45, 7) is 0. The van der Waals surface area contributed by atoms with E-state index < -0.39 is 5.60 Å². The first kappa shape index (κ1) is 8.28. The second-order valence-corrected chi connectivity index (χ2v) is 3.40. The van der Waals surface area contributed by atoms with Gasteiger partial charge >= 0.3 is 0 Å². The van der Waals surface area contributed by atoms with E-state index in [1.54, 1.807) is 12.3 Å². The van der Waals surface area contributed by atoms with Crippen LogP contribution in [0.1, 0.15) is 18.5 Å². The van der Waals surface area contributed by atoms with Gasteiger partial charge in [0.1, 0.15) is 0 Å². The molecule has 1 aliphatic rings. The third-order valence-corrected chi connectivity index (χ3v) is 2.44. The summed E-state index contributed by atoms with van der Waals surface area (Å²) in [7, 11) is 0. The van der Waals surface area contributed by atoms with Crippen LogP contribution >= 0.6 is 0 Å².